The summed E-state index contributed by atoms with van der Waals surface area (Å²) in [6.07, 6.45) is 11.8. The van der Waals surface area contributed by atoms with Gasteiger partial charge >= 0.3 is 0 Å². The third-order valence-electron chi connectivity index (χ3n) is 5.83. The molecule has 0 atom stereocenters. The van der Waals surface area contributed by atoms with Crippen LogP contribution in [0.5, 0.6) is 5.75 Å². The van der Waals surface area contributed by atoms with Crippen molar-refractivity contribution >= 4 is 0 Å². The van der Waals surface area contributed by atoms with Gasteiger partial charge in [-0.25, -0.2) is 0 Å². The Hall–Kier alpha value is -1.80. The van der Waals surface area contributed by atoms with Gasteiger partial charge in [-0.2, -0.15) is 0 Å². The second-order valence-electron chi connectivity index (χ2n) is 9.22. The Morgan fingerprint density at radius 3 is 1.55 bits per heavy atom. The number of aryl methyl sites for hydroxylation is 2. The average Bonchev–Trinajstić information content (AvgIpc) is 3.67. The SMILES string of the molecule is CC.CC1CCC(OC2CC2)CC1.CCc1ccc(OC(C)C)cc1.CCc1ccccc1. The Morgan fingerprint density at radius 1 is 0.697 bits per heavy atom. The molecule has 0 spiro atoms. The van der Waals surface area contributed by atoms with Gasteiger partial charge in [-0.05, 0) is 94.4 Å². The van der Waals surface area contributed by atoms with Gasteiger partial charge in [0.25, 0.3) is 0 Å². The molecule has 0 radical (unpaired) electrons. The molecule has 0 unspecified atom stereocenters. The van der Waals surface area contributed by atoms with Gasteiger partial charge in [-0.3, -0.25) is 0 Å². The number of ether oxygens (including phenoxy) is 2. The zero-order valence-corrected chi connectivity index (χ0v) is 22.5. The summed E-state index contributed by atoms with van der Waals surface area (Å²) < 4.78 is 11.4. The minimum Gasteiger partial charge on any atom is -0.491 e. The van der Waals surface area contributed by atoms with Crippen LogP contribution in [0, 0.1) is 5.92 Å². The summed E-state index contributed by atoms with van der Waals surface area (Å²) in [5.41, 5.74) is 2.76. The van der Waals surface area contributed by atoms with Gasteiger partial charge < -0.3 is 9.47 Å². The van der Waals surface area contributed by atoms with E-state index < -0.39 is 0 Å². The lowest BCUT2D eigenvalue weighted by Crippen LogP contribution is -2.21. The van der Waals surface area contributed by atoms with E-state index in [4.69, 9.17) is 9.47 Å². The van der Waals surface area contributed by atoms with Crippen molar-refractivity contribution in [2.45, 2.75) is 118 Å². The molecule has 2 nitrogen and oxygen atoms in total. The zero-order valence-electron chi connectivity index (χ0n) is 22.5. The second-order valence-corrected chi connectivity index (χ2v) is 9.22. The fraction of sp³-hybridized carbons (Fsp3) is 0.613. The lowest BCUT2D eigenvalue weighted by Gasteiger charge is -2.26. The topological polar surface area (TPSA) is 18.5 Å². The number of hydrogen-bond donors (Lipinski definition) is 0. The van der Waals surface area contributed by atoms with Gasteiger partial charge in [-0.15, -0.1) is 0 Å². The van der Waals surface area contributed by atoms with Crippen LogP contribution >= 0.6 is 0 Å². The summed E-state index contributed by atoms with van der Waals surface area (Å²) >= 11 is 0. The molecule has 2 heteroatoms. The third kappa shape index (κ3) is 14.1. The molecule has 2 aromatic carbocycles. The van der Waals surface area contributed by atoms with Crippen LogP contribution < -0.4 is 4.74 Å². The van der Waals surface area contributed by atoms with Crippen molar-refractivity contribution in [1.82, 2.24) is 0 Å². The summed E-state index contributed by atoms with van der Waals surface area (Å²) in [7, 11) is 0. The smallest absolute Gasteiger partial charge is 0.119 e. The highest BCUT2D eigenvalue weighted by atomic mass is 16.5. The standard InChI is InChI=1S/C11H16O.C10H18O.C8H10.C2H6/c1-4-10-5-7-11(8-6-10)12-9(2)3;1-8-2-4-9(5-3-8)11-10-6-7-10;1-2-8-6-4-3-5-7-8;1-2/h5-9H,4H2,1-3H3;8-10H,2-7H2,1H3;3-7H,2H2,1H3;1-2H3. The average molecular weight is 455 g/mol. The van der Waals surface area contributed by atoms with Crippen molar-refractivity contribution in [3.8, 4) is 5.75 Å². The highest BCUT2D eigenvalue weighted by Crippen LogP contribution is 2.32. The molecular weight excluding hydrogens is 404 g/mol. The van der Waals surface area contributed by atoms with Gasteiger partial charge in [0.15, 0.2) is 0 Å². The number of rotatable bonds is 6. The third-order valence-corrected chi connectivity index (χ3v) is 5.83. The largest absolute Gasteiger partial charge is 0.491 e. The van der Waals surface area contributed by atoms with E-state index in [-0.39, 0.29) is 6.10 Å². The maximum atomic E-state index is 5.85. The van der Waals surface area contributed by atoms with Crippen LogP contribution in [-0.2, 0) is 17.6 Å². The van der Waals surface area contributed by atoms with E-state index in [0.29, 0.717) is 12.2 Å². The molecule has 186 valence electrons. The minimum absolute atomic E-state index is 0.262. The highest BCUT2D eigenvalue weighted by Gasteiger charge is 2.28. The predicted octanol–water partition coefficient (Wildman–Crippen LogP) is 9.06. The molecule has 0 aromatic heterocycles. The lowest BCUT2D eigenvalue weighted by molar-refractivity contribution is 0.00845. The molecule has 0 saturated heterocycles. The van der Waals surface area contributed by atoms with Crippen LogP contribution in [0.3, 0.4) is 0 Å². The van der Waals surface area contributed by atoms with Crippen molar-refractivity contribution in [2.75, 3.05) is 0 Å². The van der Waals surface area contributed by atoms with E-state index >= 15 is 0 Å². The van der Waals surface area contributed by atoms with Gasteiger partial charge in [-0.1, -0.05) is 77.1 Å². The first-order valence-electron chi connectivity index (χ1n) is 13.4. The maximum absolute atomic E-state index is 5.85. The highest BCUT2D eigenvalue weighted by molar-refractivity contribution is 5.27. The molecule has 0 amide bonds. The van der Waals surface area contributed by atoms with E-state index in [1.807, 2.05) is 45.9 Å². The van der Waals surface area contributed by atoms with Crippen molar-refractivity contribution in [3.63, 3.8) is 0 Å². The molecule has 0 aliphatic heterocycles. The number of benzene rings is 2. The molecule has 2 fully saturated rings. The minimum atomic E-state index is 0.262. The Kier molecular flexibility index (Phi) is 15.6. The lowest BCUT2D eigenvalue weighted by atomic mass is 9.89. The first kappa shape index (κ1) is 29.2. The van der Waals surface area contributed by atoms with Crippen LogP contribution in [-0.4, -0.2) is 18.3 Å². The van der Waals surface area contributed by atoms with Crippen LogP contribution in [0.4, 0.5) is 0 Å². The normalized spacial score (nSPS) is 19.2. The van der Waals surface area contributed by atoms with Crippen LogP contribution in [0.25, 0.3) is 0 Å². The molecular formula is C31H50O2. The predicted molar refractivity (Wildman–Crippen MR) is 144 cm³/mol. The zero-order chi connectivity index (χ0) is 24.5. The van der Waals surface area contributed by atoms with Gasteiger partial charge in [0.1, 0.15) is 5.75 Å². The summed E-state index contributed by atoms with van der Waals surface area (Å²) in [5.74, 6) is 1.91. The van der Waals surface area contributed by atoms with Crippen LogP contribution in [0.2, 0.25) is 0 Å². The maximum Gasteiger partial charge on any atom is 0.119 e. The molecule has 0 N–H and O–H groups in total. The summed E-state index contributed by atoms with van der Waals surface area (Å²) in [4.78, 5) is 0. The fourth-order valence-electron chi connectivity index (χ4n) is 3.63. The Balaban J connectivity index is 0.000000242. The van der Waals surface area contributed by atoms with Gasteiger partial charge in [0, 0.05) is 0 Å². The Labute approximate surface area is 205 Å². The second kappa shape index (κ2) is 17.6. The monoisotopic (exact) mass is 454 g/mol. The van der Waals surface area contributed by atoms with Crippen LogP contribution in [0.1, 0.15) is 98.1 Å². The fourth-order valence-corrected chi connectivity index (χ4v) is 3.63. The molecule has 0 heterocycles. The molecule has 33 heavy (non-hydrogen) atoms. The summed E-state index contributed by atoms with van der Waals surface area (Å²) in [6.45, 7) is 14.7. The molecule has 0 bridgehead atoms. The van der Waals surface area contributed by atoms with E-state index in [2.05, 4.69) is 57.2 Å². The van der Waals surface area contributed by atoms with E-state index in [9.17, 15) is 0 Å². The van der Waals surface area contributed by atoms with Crippen LogP contribution in [0.15, 0.2) is 54.6 Å². The quantitative estimate of drug-likeness (QED) is 0.433. The first-order valence-corrected chi connectivity index (χ1v) is 13.4. The van der Waals surface area contributed by atoms with Crippen molar-refractivity contribution in [2.24, 2.45) is 5.92 Å². The summed E-state index contributed by atoms with van der Waals surface area (Å²) in [5, 5.41) is 0. The summed E-state index contributed by atoms with van der Waals surface area (Å²) in [6, 6.07) is 18.7. The van der Waals surface area contributed by atoms with E-state index in [1.165, 1.54) is 49.7 Å². The Bertz CT molecular complexity index is 681. The van der Waals surface area contributed by atoms with Gasteiger partial charge in [0.05, 0.1) is 18.3 Å². The van der Waals surface area contributed by atoms with Crippen molar-refractivity contribution in [3.05, 3.63) is 65.7 Å². The first-order chi connectivity index (χ1) is 16.0. The van der Waals surface area contributed by atoms with E-state index in [1.54, 1.807) is 0 Å². The van der Waals surface area contributed by atoms with Crippen molar-refractivity contribution in [1.29, 1.82) is 0 Å². The molecule has 2 saturated carbocycles. The van der Waals surface area contributed by atoms with Crippen molar-refractivity contribution < 1.29 is 9.47 Å². The number of hydrogen-bond acceptors (Lipinski definition) is 2. The van der Waals surface area contributed by atoms with E-state index in [0.717, 1.165) is 24.5 Å². The Morgan fingerprint density at radius 2 is 1.15 bits per heavy atom. The van der Waals surface area contributed by atoms with Gasteiger partial charge in [0.2, 0.25) is 0 Å². The molecule has 2 aliphatic carbocycles. The molecule has 2 aromatic rings. The molecule has 4 rings (SSSR count). The molecule has 2 aliphatic rings.